The van der Waals surface area contributed by atoms with E-state index >= 15 is 0 Å². The van der Waals surface area contributed by atoms with Crippen LogP contribution in [0.15, 0.2) is 64.4 Å². The molecule has 5 N–H and O–H groups in total. The molecule has 31 heavy (non-hydrogen) atoms. The zero-order chi connectivity index (χ0) is 21.8. The number of benzene rings is 1. The zero-order valence-corrected chi connectivity index (χ0v) is 16.6. The van der Waals surface area contributed by atoms with E-state index < -0.39 is 0 Å². The van der Waals surface area contributed by atoms with Gasteiger partial charge in [-0.25, -0.2) is 4.39 Å². The van der Waals surface area contributed by atoms with Gasteiger partial charge in [0.2, 0.25) is 5.91 Å². The number of nitrogens with one attached hydrogen (secondary N) is 1. The van der Waals surface area contributed by atoms with Gasteiger partial charge in [0.05, 0.1) is 41.2 Å². The molecule has 1 aliphatic carbocycles. The molecule has 0 aliphatic heterocycles. The molecule has 1 aromatic carbocycles. The second kappa shape index (κ2) is 8.78. The Morgan fingerprint density at radius 3 is 2.77 bits per heavy atom. The molecule has 0 bridgehead atoms. The number of amides is 1. The number of allylic oxidation sites excluding steroid dienone is 1. The van der Waals surface area contributed by atoms with Crippen molar-refractivity contribution in [2.45, 2.75) is 19.4 Å². The van der Waals surface area contributed by atoms with Crippen LogP contribution in [0.2, 0.25) is 0 Å². The van der Waals surface area contributed by atoms with Crippen molar-refractivity contribution in [3.8, 4) is 0 Å². The number of hydrogen-bond donors (Lipinski definition) is 3. The van der Waals surface area contributed by atoms with E-state index in [-0.39, 0.29) is 29.9 Å². The Morgan fingerprint density at radius 1 is 1.29 bits per heavy atom. The number of halogens is 1. The van der Waals surface area contributed by atoms with E-state index in [0.29, 0.717) is 34.0 Å². The fourth-order valence-electron chi connectivity index (χ4n) is 2.88. The Hall–Kier alpha value is -4.01. The molecule has 3 aromatic rings. The lowest BCUT2D eigenvalue weighted by Gasteiger charge is -2.09. The summed E-state index contributed by atoms with van der Waals surface area (Å²) in [6.45, 7) is 0.0976. The minimum absolute atomic E-state index is 0.0553. The van der Waals surface area contributed by atoms with Crippen LogP contribution in [0.25, 0.3) is 5.70 Å². The fourth-order valence-corrected chi connectivity index (χ4v) is 2.88. The molecule has 1 aliphatic rings. The maximum absolute atomic E-state index is 13.9. The molecule has 0 atom stereocenters. The third kappa shape index (κ3) is 4.95. The van der Waals surface area contributed by atoms with Crippen LogP contribution in [0.3, 0.4) is 0 Å². The van der Waals surface area contributed by atoms with Crippen molar-refractivity contribution < 1.29 is 13.7 Å². The molecule has 8 nitrogen and oxygen atoms in total. The SMILES string of the molecule is NC(=CC(=NCc1ccccc1F)c1ccon1)c1cc(N)c(NC(=O)C2CC2)cn1. The number of carbonyl (C=O) groups excluding carboxylic acids is 1. The molecule has 2 aromatic heterocycles. The third-order valence-electron chi connectivity index (χ3n) is 4.81. The number of carbonyl (C=O) groups is 1. The number of aromatic nitrogens is 2. The summed E-state index contributed by atoms with van der Waals surface area (Å²) in [5.41, 5.74) is 15.1. The van der Waals surface area contributed by atoms with Gasteiger partial charge in [0, 0.05) is 17.5 Å². The lowest BCUT2D eigenvalue weighted by Crippen LogP contribution is -2.15. The van der Waals surface area contributed by atoms with Crippen LogP contribution in [0.5, 0.6) is 0 Å². The van der Waals surface area contributed by atoms with E-state index in [9.17, 15) is 9.18 Å². The monoisotopic (exact) mass is 420 g/mol. The third-order valence-corrected chi connectivity index (χ3v) is 4.81. The average molecular weight is 420 g/mol. The Labute approximate surface area is 177 Å². The molecule has 0 unspecified atom stereocenters. The molecule has 1 amide bonds. The highest BCUT2D eigenvalue weighted by Gasteiger charge is 2.30. The molecule has 158 valence electrons. The summed E-state index contributed by atoms with van der Waals surface area (Å²) in [5.74, 6) is -0.348. The van der Waals surface area contributed by atoms with Crippen molar-refractivity contribution in [2.24, 2.45) is 16.6 Å². The van der Waals surface area contributed by atoms with Gasteiger partial charge in [0.15, 0.2) is 0 Å². The van der Waals surface area contributed by atoms with Gasteiger partial charge >= 0.3 is 0 Å². The van der Waals surface area contributed by atoms with Gasteiger partial charge < -0.3 is 21.3 Å². The molecule has 0 spiro atoms. The van der Waals surface area contributed by atoms with Crippen molar-refractivity contribution >= 4 is 28.7 Å². The second-order valence-electron chi connectivity index (χ2n) is 7.20. The van der Waals surface area contributed by atoms with E-state index in [1.165, 1.54) is 18.5 Å². The molecule has 2 heterocycles. The Balaban J connectivity index is 1.58. The normalized spacial score (nSPS) is 14.5. The molecule has 1 fully saturated rings. The summed E-state index contributed by atoms with van der Waals surface area (Å²) < 4.78 is 18.8. The van der Waals surface area contributed by atoms with Crippen LogP contribution >= 0.6 is 0 Å². The highest BCUT2D eigenvalue weighted by atomic mass is 19.1. The van der Waals surface area contributed by atoms with Crippen molar-refractivity contribution in [1.29, 1.82) is 0 Å². The van der Waals surface area contributed by atoms with Crippen molar-refractivity contribution in [3.63, 3.8) is 0 Å². The molecule has 1 saturated carbocycles. The molecule has 0 radical (unpaired) electrons. The first-order valence-electron chi connectivity index (χ1n) is 9.74. The van der Waals surface area contributed by atoms with Gasteiger partial charge in [-0.2, -0.15) is 0 Å². The van der Waals surface area contributed by atoms with Crippen LogP contribution in [0, 0.1) is 11.7 Å². The van der Waals surface area contributed by atoms with Crippen LogP contribution < -0.4 is 16.8 Å². The van der Waals surface area contributed by atoms with E-state index in [4.69, 9.17) is 16.0 Å². The second-order valence-corrected chi connectivity index (χ2v) is 7.20. The molecular formula is C22H21FN6O2. The van der Waals surface area contributed by atoms with Gasteiger partial charge in [-0.15, -0.1) is 0 Å². The summed E-state index contributed by atoms with van der Waals surface area (Å²) in [4.78, 5) is 20.7. The number of nitrogen functional groups attached to an aromatic ring is 1. The van der Waals surface area contributed by atoms with Crippen molar-refractivity contribution in [2.75, 3.05) is 11.1 Å². The Morgan fingerprint density at radius 2 is 2.10 bits per heavy atom. The van der Waals surface area contributed by atoms with E-state index in [1.54, 1.807) is 36.4 Å². The van der Waals surface area contributed by atoms with Crippen molar-refractivity contribution in [3.05, 3.63) is 77.7 Å². The lowest BCUT2D eigenvalue weighted by molar-refractivity contribution is -0.117. The predicted octanol–water partition coefficient (Wildman–Crippen LogP) is 3.13. The van der Waals surface area contributed by atoms with Gasteiger partial charge in [0.1, 0.15) is 17.8 Å². The summed E-state index contributed by atoms with van der Waals surface area (Å²) in [6.07, 6.45) is 6.24. The number of pyridine rings is 1. The fraction of sp³-hybridized carbons (Fsp3) is 0.182. The first kappa shape index (κ1) is 20.3. The molecule has 4 rings (SSSR count). The van der Waals surface area contributed by atoms with Crippen LogP contribution in [0.4, 0.5) is 15.8 Å². The molecule has 0 saturated heterocycles. The van der Waals surface area contributed by atoms with Crippen LogP contribution in [-0.2, 0) is 11.3 Å². The summed E-state index contributed by atoms with van der Waals surface area (Å²) >= 11 is 0. The van der Waals surface area contributed by atoms with Crippen LogP contribution in [-0.4, -0.2) is 21.8 Å². The number of nitrogens with two attached hydrogens (primary N) is 2. The highest BCUT2D eigenvalue weighted by Crippen LogP contribution is 2.31. The van der Waals surface area contributed by atoms with E-state index in [0.717, 1.165) is 12.8 Å². The number of rotatable bonds is 7. The van der Waals surface area contributed by atoms with Gasteiger partial charge in [-0.05, 0) is 31.1 Å². The van der Waals surface area contributed by atoms with E-state index in [2.05, 4.69) is 20.4 Å². The highest BCUT2D eigenvalue weighted by molar-refractivity contribution is 6.10. The maximum atomic E-state index is 13.9. The Bertz CT molecular complexity index is 1150. The van der Waals surface area contributed by atoms with Crippen LogP contribution in [0.1, 0.15) is 29.8 Å². The number of hydrogen-bond acceptors (Lipinski definition) is 7. The summed E-state index contributed by atoms with van der Waals surface area (Å²) in [5, 5.41) is 6.67. The summed E-state index contributed by atoms with van der Waals surface area (Å²) in [7, 11) is 0. The molecule has 9 heteroatoms. The Kier molecular flexibility index (Phi) is 5.74. The topological polar surface area (TPSA) is 132 Å². The van der Waals surface area contributed by atoms with Gasteiger partial charge in [-0.1, -0.05) is 23.4 Å². The smallest absolute Gasteiger partial charge is 0.227 e. The number of aliphatic imine (C=N–C) groups is 1. The summed E-state index contributed by atoms with van der Waals surface area (Å²) in [6, 6.07) is 9.59. The minimum atomic E-state index is -0.346. The van der Waals surface area contributed by atoms with Crippen molar-refractivity contribution in [1.82, 2.24) is 10.1 Å². The average Bonchev–Trinajstić information content (AvgIpc) is 3.48. The quantitative estimate of drug-likeness (QED) is 0.503. The predicted molar refractivity (Wildman–Crippen MR) is 115 cm³/mol. The van der Waals surface area contributed by atoms with Gasteiger partial charge in [0.25, 0.3) is 0 Å². The standard InChI is InChI=1S/C22H21FN6O2/c23-15-4-2-1-3-14(15)11-26-20(18-7-8-31-29-18)10-16(24)19-9-17(25)21(12-27-19)28-22(30)13-5-6-13/h1-4,7-10,12-13H,5-6,11,24H2,(H2,25,27)(H,28,30). The minimum Gasteiger partial charge on any atom is -0.397 e. The first-order chi connectivity index (χ1) is 15.0. The largest absolute Gasteiger partial charge is 0.397 e. The van der Waals surface area contributed by atoms with E-state index in [1.807, 2.05) is 0 Å². The van der Waals surface area contributed by atoms with Gasteiger partial charge in [-0.3, -0.25) is 14.8 Å². The molecular weight excluding hydrogens is 399 g/mol. The first-order valence-corrected chi connectivity index (χ1v) is 9.74. The number of anilines is 2. The lowest BCUT2D eigenvalue weighted by atomic mass is 10.1. The maximum Gasteiger partial charge on any atom is 0.227 e. The number of nitrogens with zero attached hydrogens (tertiary/aromatic N) is 3. The zero-order valence-electron chi connectivity index (χ0n) is 16.6.